The Hall–Kier alpha value is -2.22. The highest BCUT2D eigenvalue weighted by molar-refractivity contribution is 5.76. The quantitative estimate of drug-likeness (QED) is 0.809. The first kappa shape index (κ1) is 17.6. The second-order valence-corrected chi connectivity index (χ2v) is 7.64. The van der Waals surface area contributed by atoms with Crippen molar-refractivity contribution < 1.29 is 4.79 Å². The van der Waals surface area contributed by atoms with Crippen molar-refractivity contribution in [1.29, 1.82) is 0 Å². The first-order chi connectivity index (χ1) is 11.8. The average molecular weight is 346 g/mol. The lowest BCUT2D eigenvalue weighted by Gasteiger charge is -2.32. The minimum atomic E-state index is -0.245. The van der Waals surface area contributed by atoms with Crippen LogP contribution >= 0.6 is 0 Å². The van der Waals surface area contributed by atoms with Crippen molar-refractivity contribution >= 4 is 16.9 Å². The Morgan fingerprint density at radius 2 is 1.88 bits per heavy atom. The predicted molar refractivity (Wildman–Crippen MR) is 95.5 cm³/mol. The maximum Gasteiger partial charge on any atom is 0.264 e. The number of carbonyl (C=O) groups is 1. The first-order valence-corrected chi connectivity index (χ1v) is 8.67. The molecule has 1 fully saturated rings. The van der Waals surface area contributed by atoms with Crippen molar-refractivity contribution in [2.24, 2.45) is 0 Å². The number of piperazine rings is 1. The fourth-order valence-electron chi connectivity index (χ4n) is 3.03. The standard InChI is InChI=1S/C17H26N6O2/c1-17(2,3)23-15-13(11-19-23)16(25)22(12-18-15)6-5-14(24)21-9-7-20(4)8-10-21/h11-12H,5-10H2,1-4H3. The number of hydrogen-bond donors (Lipinski definition) is 0. The van der Waals surface area contributed by atoms with Gasteiger partial charge in [0, 0.05) is 39.1 Å². The Labute approximate surface area is 147 Å². The molecule has 2 aromatic rings. The summed E-state index contributed by atoms with van der Waals surface area (Å²) in [6.07, 6.45) is 3.39. The second kappa shape index (κ2) is 6.59. The van der Waals surface area contributed by atoms with Gasteiger partial charge < -0.3 is 9.80 Å². The van der Waals surface area contributed by atoms with Crippen molar-refractivity contribution in [3.05, 3.63) is 22.9 Å². The Morgan fingerprint density at radius 3 is 2.52 bits per heavy atom. The monoisotopic (exact) mass is 346 g/mol. The van der Waals surface area contributed by atoms with Crippen LogP contribution in [-0.4, -0.2) is 68.3 Å². The Balaban J connectivity index is 1.73. The van der Waals surface area contributed by atoms with Gasteiger partial charge in [-0.05, 0) is 27.8 Å². The number of rotatable bonds is 3. The van der Waals surface area contributed by atoms with Gasteiger partial charge in [0.25, 0.3) is 5.56 Å². The minimum absolute atomic E-state index is 0.0884. The van der Waals surface area contributed by atoms with Crippen LogP contribution in [0.15, 0.2) is 17.3 Å². The molecule has 3 heterocycles. The van der Waals surface area contributed by atoms with Gasteiger partial charge in [-0.3, -0.25) is 14.2 Å². The fraction of sp³-hybridized carbons (Fsp3) is 0.647. The Kier molecular flexibility index (Phi) is 4.64. The highest BCUT2D eigenvalue weighted by Gasteiger charge is 2.21. The number of amides is 1. The SMILES string of the molecule is CN1CCN(C(=O)CCn2cnc3c(cnn3C(C)(C)C)c2=O)CC1. The van der Waals surface area contributed by atoms with Crippen molar-refractivity contribution in [2.75, 3.05) is 33.2 Å². The molecular weight excluding hydrogens is 320 g/mol. The molecule has 0 bridgehead atoms. The molecule has 0 aromatic carbocycles. The summed E-state index contributed by atoms with van der Waals surface area (Å²) in [5, 5.41) is 4.80. The van der Waals surface area contributed by atoms with Gasteiger partial charge in [0.15, 0.2) is 5.65 Å². The molecule has 0 aliphatic carbocycles. The normalized spacial score (nSPS) is 16.6. The molecular formula is C17H26N6O2. The molecule has 0 radical (unpaired) electrons. The lowest BCUT2D eigenvalue weighted by atomic mass is 10.1. The summed E-state index contributed by atoms with van der Waals surface area (Å²) in [7, 11) is 2.06. The number of fused-ring (bicyclic) bond motifs is 1. The number of hydrogen-bond acceptors (Lipinski definition) is 5. The van der Waals surface area contributed by atoms with Gasteiger partial charge in [0.05, 0.1) is 18.1 Å². The summed E-state index contributed by atoms with van der Waals surface area (Å²) < 4.78 is 3.26. The maximum absolute atomic E-state index is 12.6. The minimum Gasteiger partial charge on any atom is -0.340 e. The summed E-state index contributed by atoms with van der Waals surface area (Å²) in [5.74, 6) is 0.0884. The summed E-state index contributed by atoms with van der Waals surface area (Å²) >= 11 is 0. The van der Waals surface area contributed by atoms with Gasteiger partial charge >= 0.3 is 0 Å². The van der Waals surface area contributed by atoms with E-state index in [1.54, 1.807) is 10.9 Å². The molecule has 1 amide bonds. The van der Waals surface area contributed by atoms with Crippen LogP contribution in [0, 0.1) is 0 Å². The van der Waals surface area contributed by atoms with Crippen molar-refractivity contribution in [2.45, 2.75) is 39.3 Å². The second-order valence-electron chi connectivity index (χ2n) is 7.64. The van der Waals surface area contributed by atoms with Gasteiger partial charge in [0.2, 0.25) is 5.91 Å². The maximum atomic E-state index is 12.6. The third-order valence-corrected chi connectivity index (χ3v) is 4.61. The van der Waals surface area contributed by atoms with E-state index in [1.807, 2.05) is 25.7 Å². The zero-order valence-corrected chi connectivity index (χ0v) is 15.4. The van der Waals surface area contributed by atoms with Crippen LogP contribution in [0.1, 0.15) is 27.2 Å². The molecule has 1 aliphatic rings. The first-order valence-electron chi connectivity index (χ1n) is 8.67. The molecule has 1 saturated heterocycles. The van der Waals surface area contributed by atoms with E-state index in [0.29, 0.717) is 24.0 Å². The molecule has 0 atom stereocenters. The highest BCUT2D eigenvalue weighted by Crippen LogP contribution is 2.17. The van der Waals surface area contributed by atoms with E-state index in [0.717, 1.165) is 26.2 Å². The molecule has 8 heteroatoms. The van der Waals surface area contributed by atoms with Gasteiger partial charge in [-0.25, -0.2) is 9.67 Å². The molecule has 0 N–H and O–H groups in total. The van der Waals surface area contributed by atoms with E-state index in [-0.39, 0.29) is 17.0 Å². The number of nitrogens with zero attached hydrogens (tertiary/aromatic N) is 6. The summed E-state index contributed by atoms with van der Waals surface area (Å²) in [6, 6.07) is 0. The van der Waals surface area contributed by atoms with Crippen LogP contribution in [0.5, 0.6) is 0 Å². The topological polar surface area (TPSA) is 76.3 Å². The Bertz CT molecular complexity index is 824. The smallest absolute Gasteiger partial charge is 0.264 e. The highest BCUT2D eigenvalue weighted by atomic mass is 16.2. The van der Waals surface area contributed by atoms with E-state index in [4.69, 9.17) is 0 Å². The van der Waals surface area contributed by atoms with E-state index < -0.39 is 0 Å². The molecule has 0 spiro atoms. The van der Waals surface area contributed by atoms with Gasteiger partial charge in [-0.15, -0.1) is 0 Å². The molecule has 0 unspecified atom stereocenters. The summed E-state index contributed by atoms with van der Waals surface area (Å²) in [6.45, 7) is 9.67. The zero-order valence-electron chi connectivity index (χ0n) is 15.4. The molecule has 8 nitrogen and oxygen atoms in total. The zero-order chi connectivity index (χ0) is 18.2. The summed E-state index contributed by atoms with van der Waals surface area (Å²) in [5.41, 5.74) is 0.191. The fourth-order valence-corrected chi connectivity index (χ4v) is 3.03. The number of aromatic nitrogens is 4. The van der Waals surface area contributed by atoms with E-state index in [1.165, 1.54) is 10.9 Å². The van der Waals surface area contributed by atoms with Crippen molar-refractivity contribution in [3.63, 3.8) is 0 Å². The van der Waals surface area contributed by atoms with Crippen LogP contribution in [0.25, 0.3) is 11.0 Å². The molecule has 136 valence electrons. The molecule has 0 saturated carbocycles. The third-order valence-electron chi connectivity index (χ3n) is 4.61. The molecule has 3 rings (SSSR count). The van der Waals surface area contributed by atoms with E-state index in [9.17, 15) is 9.59 Å². The number of carbonyl (C=O) groups excluding carboxylic acids is 1. The van der Waals surface area contributed by atoms with Gasteiger partial charge in [0.1, 0.15) is 5.39 Å². The average Bonchev–Trinajstić information content (AvgIpc) is 3.00. The van der Waals surface area contributed by atoms with E-state index in [2.05, 4.69) is 22.0 Å². The van der Waals surface area contributed by atoms with Gasteiger partial charge in [-0.2, -0.15) is 5.10 Å². The summed E-state index contributed by atoms with van der Waals surface area (Å²) in [4.78, 5) is 33.5. The molecule has 1 aliphatic heterocycles. The van der Waals surface area contributed by atoms with Crippen LogP contribution in [-0.2, 0) is 16.9 Å². The van der Waals surface area contributed by atoms with E-state index >= 15 is 0 Å². The Morgan fingerprint density at radius 1 is 1.20 bits per heavy atom. The van der Waals surface area contributed by atoms with Crippen LogP contribution < -0.4 is 5.56 Å². The largest absolute Gasteiger partial charge is 0.340 e. The van der Waals surface area contributed by atoms with Crippen LogP contribution in [0.4, 0.5) is 0 Å². The predicted octanol–water partition coefficient (Wildman–Crippen LogP) is 0.512. The number of aryl methyl sites for hydroxylation is 1. The third kappa shape index (κ3) is 3.58. The number of likely N-dealkylation sites (N-methyl/N-ethyl adjacent to an activating group) is 1. The van der Waals surface area contributed by atoms with Gasteiger partial charge in [-0.1, -0.05) is 0 Å². The lowest BCUT2D eigenvalue weighted by molar-refractivity contribution is -0.133. The van der Waals surface area contributed by atoms with Crippen molar-refractivity contribution in [3.8, 4) is 0 Å². The van der Waals surface area contributed by atoms with Crippen LogP contribution in [0.2, 0.25) is 0 Å². The van der Waals surface area contributed by atoms with Crippen LogP contribution in [0.3, 0.4) is 0 Å². The lowest BCUT2D eigenvalue weighted by Crippen LogP contribution is -2.47. The molecule has 25 heavy (non-hydrogen) atoms. The molecule has 2 aromatic heterocycles. The van der Waals surface area contributed by atoms with Crippen molar-refractivity contribution in [1.82, 2.24) is 29.1 Å².